The average molecular weight is 378 g/mol. The molecular weight excluding hydrogens is 355 g/mol. The van der Waals surface area contributed by atoms with Crippen molar-refractivity contribution < 1.29 is 9.18 Å². The van der Waals surface area contributed by atoms with E-state index in [0.29, 0.717) is 6.04 Å². The number of carbonyl (C=O) groups excluding carboxylic acids is 1. The molecule has 0 saturated heterocycles. The first-order chi connectivity index (χ1) is 13.6. The van der Waals surface area contributed by atoms with Crippen molar-refractivity contribution >= 4 is 22.6 Å². The summed E-state index contributed by atoms with van der Waals surface area (Å²) in [6.45, 7) is 2.10. The zero-order chi connectivity index (χ0) is 19.5. The summed E-state index contributed by atoms with van der Waals surface area (Å²) in [5.41, 5.74) is 2.46. The van der Waals surface area contributed by atoms with Gasteiger partial charge in [-0.25, -0.2) is 9.37 Å². The van der Waals surface area contributed by atoms with Crippen LogP contribution in [-0.2, 0) is 0 Å². The van der Waals surface area contributed by atoms with Crippen molar-refractivity contribution in [2.45, 2.75) is 44.7 Å². The summed E-state index contributed by atoms with van der Waals surface area (Å²) in [6, 6.07) is 11.9. The number of benzene rings is 1. The van der Waals surface area contributed by atoms with E-state index in [2.05, 4.69) is 34.7 Å². The van der Waals surface area contributed by atoms with Gasteiger partial charge in [0.05, 0.1) is 17.3 Å². The quantitative estimate of drug-likeness (QED) is 0.713. The van der Waals surface area contributed by atoms with Gasteiger partial charge >= 0.3 is 0 Å². The van der Waals surface area contributed by atoms with Crippen molar-refractivity contribution in [3.63, 3.8) is 0 Å². The van der Waals surface area contributed by atoms with Crippen LogP contribution in [0, 0.1) is 12.7 Å². The molecule has 0 unspecified atom stereocenters. The summed E-state index contributed by atoms with van der Waals surface area (Å²) in [7, 11) is 0. The molecule has 0 atom stereocenters. The number of fused-ring (bicyclic) bond motifs is 1. The topological polar surface area (TPSA) is 66.9 Å². The van der Waals surface area contributed by atoms with Crippen LogP contribution in [0.5, 0.6) is 0 Å². The fourth-order valence-corrected chi connectivity index (χ4v) is 3.82. The zero-order valence-corrected chi connectivity index (χ0v) is 15.8. The number of pyridine rings is 2. The van der Waals surface area contributed by atoms with Gasteiger partial charge in [0.15, 0.2) is 0 Å². The predicted octanol–water partition coefficient (Wildman–Crippen LogP) is 4.23. The van der Waals surface area contributed by atoms with E-state index in [-0.39, 0.29) is 17.5 Å². The normalized spacial score (nSPS) is 19.4. The van der Waals surface area contributed by atoms with Crippen LogP contribution in [0.15, 0.2) is 48.8 Å². The Kier molecular flexibility index (Phi) is 5.19. The molecular formula is C22H23FN4O. The summed E-state index contributed by atoms with van der Waals surface area (Å²) in [6.07, 6.45) is 6.12. The molecule has 6 heteroatoms. The molecule has 0 bridgehead atoms. The van der Waals surface area contributed by atoms with Gasteiger partial charge in [-0.2, -0.15) is 0 Å². The van der Waals surface area contributed by atoms with Crippen LogP contribution in [0.25, 0.3) is 10.9 Å². The van der Waals surface area contributed by atoms with E-state index in [9.17, 15) is 9.18 Å². The Morgan fingerprint density at radius 3 is 2.61 bits per heavy atom. The number of carbonyl (C=O) groups is 1. The van der Waals surface area contributed by atoms with E-state index >= 15 is 0 Å². The molecule has 1 amide bonds. The largest absolute Gasteiger partial charge is 0.367 e. The van der Waals surface area contributed by atoms with Gasteiger partial charge in [0.2, 0.25) is 0 Å². The van der Waals surface area contributed by atoms with E-state index in [0.717, 1.165) is 43.2 Å². The number of aryl methyl sites for hydroxylation is 1. The molecule has 1 aliphatic carbocycles. The molecule has 2 aromatic heterocycles. The van der Waals surface area contributed by atoms with E-state index < -0.39 is 5.82 Å². The third-order valence-electron chi connectivity index (χ3n) is 5.30. The lowest BCUT2D eigenvalue weighted by molar-refractivity contribution is 0.0925. The fraction of sp³-hybridized carbons (Fsp3) is 0.318. The number of hydrogen-bond donors (Lipinski definition) is 2. The van der Waals surface area contributed by atoms with Gasteiger partial charge in [-0.15, -0.1) is 0 Å². The van der Waals surface area contributed by atoms with E-state index in [1.54, 1.807) is 0 Å². The third-order valence-corrected chi connectivity index (χ3v) is 5.30. The first-order valence-corrected chi connectivity index (χ1v) is 9.63. The summed E-state index contributed by atoms with van der Waals surface area (Å²) < 4.78 is 13.2. The van der Waals surface area contributed by atoms with Crippen molar-refractivity contribution in [1.29, 1.82) is 0 Å². The highest BCUT2D eigenvalue weighted by molar-refractivity contribution is 5.94. The fourth-order valence-electron chi connectivity index (χ4n) is 3.82. The monoisotopic (exact) mass is 378 g/mol. The Labute approximate surface area is 163 Å². The second-order valence-electron chi connectivity index (χ2n) is 7.40. The number of aromatic nitrogens is 2. The first kappa shape index (κ1) is 18.3. The maximum Gasteiger partial charge on any atom is 0.253 e. The minimum atomic E-state index is -0.501. The second kappa shape index (κ2) is 7.92. The highest BCUT2D eigenvalue weighted by atomic mass is 19.1. The van der Waals surface area contributed by atoms with Crippen LogP contribution in [0.3, 0.4) is 0 Å². The van der Waals surface area contributed by atoms with Gasteiger partial charge in [-0.3, -0.25) is 9.78 Å². The van der Waals surface area contributed by atoms with Crippen LogP contribution in [-0.4, -0.2) is 28.0 Å². The summed E-state index contributed by atoms with van der Waals surface area (Å²) >= 11 is 0. The highest BCUT2D eigenvalue weighted by Crippen LogP contribution is 2.25. The smallest absolute Gasteiger partial charge is 0.253 e. The Morgan fingerprint density at radius 1 is 1.07 bits per heavy atom. The minimum absolute atomic E-state index is 0.0973. The molecule has 0 spiro atoms. The number of hydrogen-bond acceptors (Lipinski definition) is 4. The van der Waals surface area contributed by atoms with E-state index in [1.807, 2.05) is 18.2 Å². The van der Waals surface area contributed by atoms with Gasteiger partial charge < -0.3 is 10.6 Å². The van der Waals surface area contributed by atoms with Crippen molar-refractivity contribution in [2.75, 3.05) is 5.32 Å². The number of amides is 1. The van der Waals surface area contributed by atoms with Crippen LogP contribution >= 0.6 is 0 Å². The number of nitrogens with one attached hydrogen (secondary N) is 2. The summed E-state index contributed by atoms with van der Waals surface area (Å²) in [5, 5.41) is 7.71. The zero-order valence-electron chi connectivity index (χ0n) is 15.8. The lowest BCUT2D eigenvalue weighted by Crippen LogP contribution is -2.40. The highest BCUT2D eigenvalue weighted by Gasteiger charge is 2.23. The molecule has 0 radical (unpaired) electrons. The number of rotatable bonds is 4. The molecule has 2 N–H and O–H groups in total. The molecule has 1 aliphatic rings. The van der Waals surface area contributed by atoms with Gasteiger partial charge in [-0.05, 0) is 56.4 Å². The SMILES string of the molecule is Cc1cc(NC2CCC(NC(=O)c3cncc(F)c3)CC2)nc2ccccc12. The lowest BCUT2D eigenvalue weighted by atomic mass is 9.91. The number of para-hydroxylation sites is 1. The van der Waals surface area contributed by atoms with E-state index in [4.69, 9.17) is 4.98 Å². The van der Waals surface area contributed by atoms with Crippen molar-refractivity contribution in [3.8, 4) is 0 Å². The van der Waals surface area contributed by atoms with Gasteiger partial charge in [0, 0.05) is 23.7 Å². The standard InChI is InChI=1S/C22H23FN4O/c1-14-10-21(27-20-5-3-2-4-19(14)20)25-17-6-8-18(9-7-17)26-22(28)15-11-16(23)13-24-12-15/h2-5,10-13,17-18H,6-9H2,1H3,(H,25,27)(H,26,28). The summed E-state index contributed by atoms with van der Waals surface area (Å²) in [4.78, 5) is 20.7. The summed E-state index contributed by atoms with van der Waals surface area (Å²) in [5.74, 6) is 0.128. The third kappa shape index (κ3) is 4.11. The Hall–Kier alpha value is -3.02. The molecule has 3 aromatic rings. The van der Waals surface area contributed by atoms with Gasteiger partial charge in [-0.1, -0.05) is 18.2 Å². The van der Waals surface area contributed by atoms with Crippen LogP contribution in [0.1, 0.15) is 41.6 Å². The van der Waals surface area contributed by atoms with Gasteiger partial charge in [0.1, 0.15) is 11.6 Å². The maximum atomic E-state index is 13.2. The number of halogens is 1. The number of anilines is 1. The molecule has 28 heavy (non-hydrogen) atoms. The minimum Gasteiger partial charge on any atom is -0.367 e. The molecule has 2 heterocycles. The van der Waals surface area contributed by atoms with Crippen molar-refractivity contribution in [3.05, 3.63) is 65.7 Å². The molecule has 1 saturated carbocycles. The first-order valence-electron chi connectivity index (χ1n) is 9.63. The van der Waals surface area contributed by atoms with Crippen LogP contribution in [0.4, 0.5) is 10.2 Å². The average Bonchev–Trinajstić information content (AvgIpc) is 2.69. The predicted molar refractivity (Wildman–Crippen MR) is 108 cm³/mol. The Balaban J connectivity index is 1.34. The van der Waals surface area contributed by atoms with Crippen molar-refractivity contribution in [1.82, 2.24) is 15.3 Å². The van der Waals surface area contributed by atoms with Crippen LogP contribution in [0.2, 0.25) is 0 Å². The lowest BCUT2D eigenvalue weighted by Gasteiger charge is -2.30. The number of nitrogens with zero attached hydrogens (tertiary/aromatic N) is 2. The van der Waals surface area contributed by atoms with Gasteiger partial charge in [0.25, 0.3) is 5.91 Å². The molecule has 0 aliphatic heterocycles. The molecule has 4 rings (SSSR count). The second-order valence-corrected chi connectivity index (χ2v) is 7.40. The maximum absolute atomic E-state index is 13.2. The Morgan fingerprint density at radius 2 is 1.82 bits per heavy atom. The molecule has 144 valence electrons. The van der Waals surface area contributed by atoms with Crippen molar-refractivity contribution in [2.24, 2.45) is 0 Å². The molecule has 5 nitrogen and oxygen atoms in total. The Bertz CT molecular complexity index is 999. The molecule has 1 aromatic carbocycles. The van der Waals surface area contributed by atoms with Crippen LogP contribution < -0.4 is 10.6 Å². The van der Waals surface area contributed by atoms with E-state index in [1.165, 1.54) is 23.2 Å². The molecule has 1 fully saturated rings.